The Morgan fingerprint density at radius 2 is 1.59 bits per heavy atom. The lowest BCUT2D eigenvalue weighted by molar-refractivity contribution is -0.134. The zero-order chi connectivity index (χ0) is 52.7. The lowest BCUT2D eigenvalue weighted by Gasteiger charge is -2.36. The van der Waals surface area contributed by atoms with Gasteiger partial charge in [0.15, 0.2) is 10.8 Å². The van der Waals surface area contributed by atoms with Crippen molar-refractivity contribution in [3.63, 3.8) is 0 Å². The van der Waals surface area contributed by atoms with Crippen LogP contribution in [0.3, 0.4) is 0 Å². The van der Waals surface area contributed by atoms with Crippen LogP contribution in [0.1, 0.15) is 108 Å². The number of thiazole rings is 1. The minimum Gasteiger partial charge on any atom is -0.490 e. The van der Waals surface area contributed by atoms with E-state index in [0.29, 0.717) is 61.0 Å². The van der Waals surface area contributed by atoms with E-state index in [2.05, 4.69) is 42.5 Å². The standard InChI is InChI=1S/C59H65N9O7S/c1-36-34-40(74-39-18-16-38(17-19-39)73-33-32-66-28-30-67(31-29-66)48-14-9-12-44-52(64-65(5)54(44)48)45-23-25-51(69)62-56(45)71)20-21-41(36)42-22-24-50(61-53(42)57(72)75-59(2,3)4)68-27-26-37-10-8-11-43(46(37)35-68)55(70)63-58-60-47-13-6-7-15-49(47)76-58/h6-15,20-22,24,34,38-39,45H,16-19,23,25-33,35H2,1-5H3,(H,60,63,70)(H,62,69,71). The molecule has 17 heteroatoms. The number of hydrogen-bond donors (Lipinski definition) is 2. The van der Waals surface area contributed by atoms with Gasteiger partial charge in [0.05, 0.1) is 51.8 Å². The third kappa shape index (κ3) is 10.9. The number of rotatable bonds is 13. The Morgan fingerprint density at radius 3 is 2.37 bits per heavy atom. The highest BCUT2D eigenvalue weighted by atomic mass is 32.1. The predicted molar refractivity (Wildman–Crippen MR) is 295 cm³/mol. The molecule has 1 saturated carbocycles. The molecule has 2 N–H and O–H groups in total. The van der Waals surface area contributed by atoms with Gasteiger partial charge in [-0.05, 0) is 137 Å². The molecule has 0 radical (unpaired) electrons. The first-order chi connectivity index (χ1) is 36.7. The second-order valence-corrected chi connectivity index (χ2v) is 22.5. The average molecular weight is 1040 g/mol. The van der Waals surface area contributed by atoms with E-state index >= 15 is 0 Å². The third-order valence-electron chi connectivity index (χ3n) is 15.2. The van der Waals surface area contributed by atoms with Crippen molar-refractivity contribution in [2.24, 2.45) is 7.05 Å². The van der Waals surface area contributed by atoms with Gasteiger partial charge >= 0.3 is 5.97 Å². The molecule has 3 fully saturated rings. The molecule has 4 aliphatic rings. The van der Waals surface area contributed by atoms with E-state index in [1.54, 1.807) is 0 Å². The van der Waals surface area contributed by atoms with Crippen molar-refractivity contribution in [3.05, 3.63) is 125 Å². The largest absolute Gasteiger partial charge is 0.490 e. The lowest BCUT2D eigenvalue weighted by atomic mass is 9.92. The fraction of sp³-hybridized carbons (Fsp3) is 0.407. The van der Waals surface area contributed by atoms with Crippen LogP contribution in [0.4, 0.5) is 16.6 Å². The average Bonchev–Trinajstić information content (AvgIpc) is 4.02. The summed E-state index contributed by atoms with van der Waals surface area (Å²) in [5.41, 5.74) is 8.35. The van der Waals surface area contributed by atoms with Crippen LogP contribution in [0, 0.1) is 6.92 Å². The van der Waals surface area contributed by atoms with Crippen LogP contribution in [0.5, 0.6) is 5.75 Å². The van der Waals surface area contributed by atoms with Crippen LogP contribution in [-0.4, -0.2) is 112 Å². The van der Waals surface area contributed by atoms with Gasteiger partial charge in [-0.3, -0.25) is 34.6 Å². The van der Waals surface area contributed by atoms with Crippen LogP contribution in [0.2, 0.25) is 0 Å². The Labute approximate surface area is 446 Å². The van der Waals surface area contributed by atoms with Gasteiger partial charge in [-0.2, -0.15) is 5.10 Å². The van der Waals surface area contributed by atoms with Crippen LogP contribution >= 0.6 is 11.3 Å². The Kier molecular flexibility index (Phi) is 14.4. The summed E-state index contributed by atoms with van der Waals surface area (Å²) in [4.78, 5) is 69.0. The van der Waals surface area contributed by atoms with Gasteiger partial charge in [-0.1, -0.05) is 53.8 Å². The predicted octanol–water partition coefficient (Wildman–Crippen LogP) is 9.37. The summed E-state index contributed by atoms with van der Waals surface area (Å²) in [6.45, 7) is 13.9. The molecule has 4 aromatic carbocycles. The summed E-state index contributed by atoms with van der Waals surface area (Å²) < 4.78 is 21.9. The number of nitrogens with zero attached hydrogens (tertiary/aromatic N) is 7. The van der Waals surface area contributed by atoms with Crippen molar-refractivity contribution in [2.45, 2.75) is 103 Å². The molecule has 3 aliphatic heterocycles. The van der Waals surface area contributed by atoms with Crippen molar-refractivity contribution in [1.82, 2.24) is 30.0 Å². The lowest BCUT2D eigenvalue weighted by Crippen LogP contribution is -2.47. The van der Waals surface area contributed by atoms with Crippen molar-refractivity contribution < 1.29 is 33.4 Å². The van der Waals surface area contributed by atoms with Gasteiger partial charge in [0.1, 0.15) is 17.2 Å². The van der Waals surface area contributed by atoms with Gasteiger partial charge in [0.2, 0.25) is 11.8 Å². The van der Waals surface area contributed by atoms with Crippen LogP contribution in [0.25, 0.3) is 32.2 Å². The van der Waals surface area contributed by atoms with E-state index in [4.69, 9.17) is 24.3 Å². The fourth-order valence-corrected chi connectivity index (χ4v) is 12.2. The summed E-state index contributed by atoms with van der Waals surface area (Å²) in [5, 5.41) is 11.8. The molecule has 1 atom stereocenters. The van der Waals surface area contributed by atoms with Gasteiger partial charge in [0.25, 0.3) is 5.91 Å². The number of aromatic nitrogens is 4. The van der Waals surface area contributed by atoms with Crippen LogP contribution < -0.4 is 25.2 Å². The zero-order valence-electron chi connectivity index (χ0n) is 43.9. The molecule has 1 unspecified atom stereocenters. The molecule has 7 aromatic rings. The van der Waals surface area contributed by atoms with E-state index in [1.165, 1.54) is 11.3 Å². The smallest absolute Gasteiger partial charge is 0.358 e. The summed E-state index contributed by atoms with van der Waals surface area (Å²) in [5.74, 6) is -0.209. The number of benzene rings is 4. The van der Waals surface area contributed by atoms with Crippen molar-refractivity contribution >= 4 is 72.8 Å². The number of ether oxygens (including phenoxy) is 3. The normalized spacial score (nSPS) is 19.4. The zero-order valence-corrected chi connectivity index (χ0v) is 44.7. The highest BCUT2D eigenvalue weighted by Gasteiger charge is 2.34. The number of pyridine rings is 1. The fourth-order valence-electron chi connectivity index (χ4n) is 11.3. The number of hydrogen-bond acceptors (Lipinski definition) is 14. The molecule has 76 heavy (non-hydrogen) atoms. The molecule has 6 heterocycles. The number of piperidine rings is 1. The van der Waals surface area contributed by atoms with E-state index in [0.717, 1.165) is 119 Å². The highest BCUT2D eigenvalue weighted by molar-refractivity contribution is 7.22. The van der Waals surface area contributed by atoms with Gasteiger partial charge in [0, 0.05) is 75.8 Å². The van der Waals surface area contributed by atoms with Crippen molar-refractivity contribution in [2.75, 3.05) is 61.0 Å². The quantitative estimate of drug-likeness (QED) is 0.0827. The third-order valence-corrected chi connectivity index (χ3v) is 16.1. The molecular weight excluding hydrogens is 979 g/mol. The number of imide groups is 1. The van der Waals surface area contributed by atoms with Crippen LogP contribution in [-0.2, 0) is 39.1 Å². The monoisotopic (exact) mass is 1040 g/mol. The second-order valence-electron chi connectivity index (χ2n) is 21.5. The Morgan fingerprint density at radius 1 is 0.816 bits per heavy atom. The van der Waals surface area contributed by atoms with E-state index in [-0.39, 0.29) is 35.6 Å². The SMILES string of the molecule is Cc1cc(OC2CCC(OCCN3CCN(c4cccc5c(C6CCC(=O)NC6=O)nn(C)c45)CC3)CC2)ccc1-c1ccc(N2CCc3cccc(C(=O)Nc4nc5ccccc5s4)c3C2)nc1C(=O)OC(C)(C)C. The number of fused-ring (bicyclic) bond motifs is 3. The van der Waals surface area contributed by atoms with Gasteiger partial charge < -0.3 is 24.0 Å². The van der Waals surface area contributed by atoms with Crippen molar-refractivity contribution in [3.8, 4) is 16.9 Å². The number of esters is 1. The number of carbonyl (C=O) groups is 4. The maximum atomic E-state index is 14.0. The molecule has 394 valence electrons. The number of aryl methyl sites for hydroxylation is 2. The number of anilines is 3. The number of piperazine rings is 1. The summed E-state index contributed by atoms with van der Waals surface area (Å²) in [6.07, 6.45) is 5.46. The number of amides is 3. The first kappa shape index (κ1) is 50.9. The van der Waals surface area contributed by atoms with E-state index in [1.807, 2.05) is 118 Å². The maximum Gasteiger partial charge on any atom is 0.358 e. The summed E-state index contributed by atoms with van der Waals surface area (Å²) in [6, 6.07) is 29.8. The van der Waals surface area contributed by atoms with Gasteiger partial charge in [-0.25, -0.2) is 14.8 Å². The van der Waals surface area contributed by atoms with Crippen molar-refractivity contribution in [1.29, 1.82) is 0 Å². The number of nitrogens with one attached hydrogen (secondary N) is 2. The Bertz CT molecular complexity index is 3320. The Hall–Kier alpha value is -7.21. The molecule has 3 amide bonds. The molecule has 1 aliphatic carbocycles. The molecule has 0 spiro atoms. The molecule has 16 nitrogen and oxygen atoms in total. The molecule has 11 rings (SSSR count). The molecular formula is C59H65N9O7S. The number of para-hydroxylation sites is 2. The summed E-state index contributed by atoms with van der Waals surface area (Å²) in [7, 11) is 1.93. The van der Waals surface area contributed by atoms with E-state index < -0.39 is 17.5 Å². The minimum absolute atomic E-state index is 0.0780. The second kappa shape index (κ2) is 21.4. The van der Waals surface area contributed by atoms with Crippen LogP contribution in [0.15, 0.2) is 91.0 Å². The highest BCUT2D eigenvalue weighted by Crippen LogP contribution is 2.37. The molecule has 3 aromatic heterocycles. The number of carbonyl (C=O) groups excluding carboxylic acids is 4. The Balaban J connectivity index is 0.683. The molecule has 0 bridgehead atoms. The van der Waals surface area contributed by atoms with E-state index in [9.17, 15) is 19.2 Å². The maximum absolute atomic E-state index is 14.0. The topological polar surface area (TPSA) is 173 Å². The summed E-state index contributed by atoms with van der Waals surface area (Å²) >= 11 is 1.45. The first-order valence-corrected chi connectivity index (χ1v) is 27.5. The van der Waals surface area contributed by atoms with Gasteiger partial charge in [-0.15, -0.1) is 0 Å². The first-order valence-electron chi connectivity index (χ1n) is 26.6. The minimum atomic E-state index is -0.733. The molecule has 2 saturated heterocycles.